The summed E-state index contributed by atoms with van der Waals surface area (Å²) in [6, 6.07) is 12.5. The lowest BCUT2D eigenvalue weighted by Gasteiger charge is -2.14. The number of nitrogens with two attached hydrogens (primary N) is 1. The van der Waals surface area contributed by atoms with Crippen molar-refractivity contribution in [3.63, 3.8) is 0 Å². The lowest BCUT2D eigenvalue weighted by molar-refractivity contribution is 0.621. The van der Waals surface area contributed by atoms with Gasteiger partial charge in [0.25, 0.3) is 0 Å². The molecule has 2 N–H and O–H groups in total. The van der Waals surface area contributed by atoms with E-state index in [0.717, 1.165) is 34.6 Å². The van der Waals surface area contributed by atoms with Crippen molar-refractivity contribution in [1.82, 2.24) is 0 Å². The number of rotatable bonds is 4. The van der Waals surface area contributed by atoms with Gasteiger partial charge in [-0.1, -0.05) is 35.9 Å². The van der Waals surface area contributed by atoms with E-state index in [1.54, 1.807) is 6.07 Å². The third-order valence-corrected chi connectivity index (χ3v) is 3.60. The SMILES string of the molecule is Cc1cc(F)ccc1CC(N)Cc1ccccc1Cl. The first-order valence-corrected chi connectivity index (χ1v) is 6.68. The topological polar surface area (TPSA) is 26.0 Å². The number of hydrogen-bond donors (Lipinski definition) is 1. The van der Waals surface area contributed by atoms with Crippen molar-refractivity contribution in [2.75, 3.05) is 0 Å². The molecule has 0 saturated carbocycles. The molecule has 3 heteroatoms. The maximum Gasteiger partial charge on any atom is 0.123 e. The minimum absolute atomic E-state index is 0.0240. The zero-order valence-electron chi connectivity index (χ0n) is 10.9. The van der Waals surface area contributed by atoms with E-state index < -0.39 is 0 Å². The Bertz CT molecular complexity index is 568. The summed E-state index contributed by atoms with van der Waals surface area (Å²) in [4.78, 5) is 0. The molecule has 1 atom stereocenters. The second kappa shape index (κ2) is 6.18. The average Bonchev–Trinajstić information content (AvgIpc) is 2.36. The fourth-order valence-corrected chi connectivity index (χ4v) is 2.40. The van der Waals surface area contributed by atoms with Crippen LogP contribution in [0.5, 0.6) is 0 Å². The molecule has 19 heavy (non-hydrogen) atoms. The molecule has 2 rings (SSSR count). The van der Waals surface area contributed by atoms with E-state index in [2.05, 4.69) is 0 Å². The van der Waals surface area contributed by atoms with Crippen molar-refractivity contribution in [3.05, 3.63) is 70.0 Å². The first-order valence-electron chi connectivity index (χ1n) is 6.30. The van der Waals surface area contributed by atoms with E-state index in [4.69, 9.17) is 17.3 Å². The Morgan fingerprint density at radius 2 is 1.79 bits per heavy atom. The van der Waals surface area contributed by atoms with Gasteiger partial charge in [-0.05, 0) is 54.7 Å². The van der Waals surface area contributed by atoms with Gasteiger partial charge in [-0.15, -0.1) is 0 Å². The van der Waals surface area contributed by atoms with Gasteiger partial charge in [0.05, 0.1) is 0 Å². The standard InChI is InChI=1S/C16H17ClFN/c1-11-8-14(18)7-6-12(11)9-15(19)10-13-4-2-3-5-16(13)17/h2-8,15H,9-10,19H2,1H3. The maximum atomic E-state index is 13.0. The molecule has 1 nitrogen and oxygen atoms in total. The van der Waals surface area contributed by atoms with E-state index in [-0.39, 0.29) is 11.9 Å². The van der Waals surface area contributed by atoms with Gasteiger partial charge in [0, 0.05) is 11.1 Å². The molecule has 1 unspecified atom stereocenters. The zero-order valence-corrected chi connectivity index (χ0v) is 11.6. The lowest BCUT2D eigenvalue weighted by atomic mass is 9.97. The summed E-state index contributed by atoms with van der Waals surface area (Å²) in [5.74, 6) is -0.207. The molecule has 0 aliphatic heterocycles. The summed E-state index contributed by atoms with van der Waals surface area (Å²) in [5, 5.41) is 0.744. The molecule has 2 aromatic rings. The Hall–Kier alpha value is -1.38. The van der Waals surface area contributed by atoms with Crippen molar-refractivity contribution in [3.8, 4) is 0 Å². The molecule has 0 bridgehead atoms. The van der Waals surface area contributed by atoms with Gasteiger partial charge < -0.3 is 5.73 Å². The number of aryl methyl sites for hydroxylation is 1. The van der Waals surface area contributed by atoms with Gasteiger partial charge in [-0.25, -0.2) is 4.39 Å². The molecule has 0 aliphatic rings. The fraction of sp³-hybridized carbons (Fsp3) is 0.250. The summed E-state index contributed by atoms with van der Waals surface area (Å²) >= 11 is 6.12. The van der Waals surface area contributed by atoms with Crippen LogP contribution in [0.2, 0.25) is 5.02 Å². The van der Waals surface area contributed by atoms with Crippen LogP contribution >= 0.6 is 11.6 Å². The first kappa shape index (κ1) is 14.0. The van der Waals surface area contributed by atoms with Gasteiger partial charge in [0.2, 0.25) is 0 Å². The Morgan fingerprint density at radius 3 is 2.47 bits per heavy atom. The van der Waals surface area contributed by atoms with Crippen LogP contribution < -0.4 is 5.73 Å². The van der Waals surface area contributed by atoms with Gasteiger partial charge >= 0.3 is 0 Å². The van der Waals surface area contributed by atoms with Gasteiger partial charge in [-0.3, -0.25) is 0 Å². The Morgan fingerprint density at radius 1 is 1.11 bits per heavy atom. The van der Waals surface area contributed by atoms with E-state index in [0.29, 0.717) is 0 Å². The van der Waals surface area contributed by atoms with Gasteiger partial charge in [0.1, 0.15) is 5.82 Å². The minimum atomic E-state index is -0.207. The average molecular weight is 278 g/mol. The normalized spacial score (nSPS) is 12.4. The third-order valence-electron chi connectivity index (χ3n) is 3.23. The minimum Gasteiger partial charge on any atom is -0.327 e. The highest BCUT2D eigenvalue weighted by Gasteiger charge is 2.09. The van der Waals surface area contributed by atoms with Crippen LogP contribution in [0.25, 0.3) is 0 Å². The van der Waals surface area contributed by atoms with Crippen LogP contribution in [0.15, 0.2) is 42.5 Å². The van der Waals surface area contributed by atoms with E-state index >= 15 is 0 Å². The van der Waals surface area contributed by atoms with E-state index in [9.17, 15) is 4.39 Å². The molecule has 0 spiro atoms. The van der Waals surface area contributed by atoms with E-state index in [1.165, 1.54) is 12.1 Å². The molecular weight excluding hydrogens is 261 g/mol. The predicted molar refractivity (Wildman–Crippen MR) is 78.0 cm³/mol. The second-order valence-corrected chi connectivity index (χ2v) is 5.24. The van der Waals surface area contributed by atoms with Crippen LogP contribution in [0.3, 0.4) is 0 Å². The molecule has 2 aromatic carbocycles. The second-order valence-electron chi connectivity index (χ2n) is 4.83. The highest BCUT2D eigenvalue weighted by molar-refractivity contribution is 6.31. The smallest absolute Gasteiger partial charge is 0.123 e. The van der Waals surface area contributed by atoms with Crippen LogP contribution in [0.1, 0.15) is 16.7 Å². The molecule has 0 aliphatic carbocycles. The quantitative estimate of drug-likeness (QED) is 0.901. The molecule has 0 heterocycles. The van der Waals surface area contributed by atoms with Gasteiger partial charge in [0.15, 0.2) is 0 Å². The molecular formula is C16H17ClFN. The molecule has 100 valence electrons. The Kier molecular flexibility index (Phi) is 4.56. The van der Waals surface area contributed by atoms with Crippen molar-refractivity contribution in [2.45, 2.75) is 25.8 Å². The highest BCUT2D eigenvalue weighted by atomic mass is 35.5. The number of hydrogen-bond acceptors (Lipinski definition) is 1. The van der Waals surface area contributed by atoms with Crippen molar-refractivity contribution < 1.29 is 4.39 Å². The summed E-state index contributed by atoms with van der Waals surface area (Å²) in [5.41, 5.74) is 9.24. The van der Waals surface area contributed by atoms with Crippen LogP contribution in [-0.2, 0) is 12.8 Å². The van der Waals surface area contributed by atoms with Gasteiger partial charge in [-0.2, -0.15) is 0 Å². The molecule has 0 fully saturated rings. The Balaban J connectivity index is 2.05. The number of halogens is 2. The molecule has 0 radical (unpaired) electrons. The van der Waals surface area contributed by atoms with Crippen LogP contribution in [0.4, 0.5) is 4.39 Å². The van der Waals surface area contributed by atoms with Crippen LogP contribution in [-0.4, -0.2) is 6.04 Å². The zero-order chi connectivity index (χ0) is 13.8. The fourth-order valence-electron chi connectivity index (χ4n) is 2.19. The van der Waals surface area contributed by atoms with Crippen molar-refractivity contribution in [2.24, 2.45) is 5.73 Å². The third kappa shape index (κ3) is 3.79. The van der Waals surface area contributed by atoms with Crippen LogP contribution in [0, 0.1) is 12.7 Å². The summed E-state index contributed by atoms with van der Waals surface area (Å²) in [6.45, 7) is 1.90. The van der Waals surface area contributed by atoms with Crippen molar-refractivity contribution in [1.29, 1.82) is 0 Å². The Labute approximate surface area is 118 Å². The van der Waals surface area contributed by atoms with Crippen molar-refractivity contribution >= 4 is 11.6 Å². The molecule has 0 saturated heterocycles. The summed E-state index contributed by atoms with van der Waals surface area (Å²) in [6.07, 6.45) is 1.44. The predicted octanol–water partition coefficient (Wildman–Crippen LogP) is 3.90. The maximum absolute atomic E-state index is 13.0. The number of benzene rings is 2. The molecule has 0 amide bonds. The highest BCUT2D eigenvalue weighted by Crippen LogP contribution is 2.18. The summed E-state index contributed by atoms with van der Waals surface area (Å²) in [7, 11) is 0. The lowest BCUT2D eigenvalue weighted by Crippen LogP contribution is -2.26. The largest absolute Gasteiger partial charge is 0.327 e. The summed E-state index contributed by atoms with van der Waals surface area (Å²) < 4.78 is 13.0. The monoisotopic (exact) mass is 277 g/mol. The first-order chi connectivity index (χ1) is 9.06. The molecule has 0 aromatic heterocycles. The van der Waals surface area contributed by atoms with E-state index in [1.807, 2.05) is 31.2 Å².